The smallest absolute Gasteiger partial charge is 0.253 e. The van der Waals surface area contributed by atoms with Gasteiger partial charge in [0.1, 0.15) is 0 Å². The predicted molar refractivity (Wildman–Crippen MR) is 114 cm³/mol. The van der Waals surface area contributed by atoms with E-state index >= 15 is 0 Å². The van der Waals surface area contributed by atoms with Crippen molar-refractivity contribution in [3.05, 3.63) is 64.2 Å². The number of nitrogens with zero attached hydrogens (tertiary/aromatic N) is 1. The minimum absolute atomic E-state index is 0.0157. The first-order valence-corrected chi connectivity index (χ1v) is 10.2. The second-order valence-electron chi connectivity index (χ2n) is 7.92. The minimum atomic E-state index is -0.173. The van der Waals surface area contributed by atoms with Crippen molar-refractivity contribution in [2.24, 2.45) is 5.92 Å². The molecule has 1 N–H and O–H groups in total. The van der Waals surface area contributed by atoms with Crippen molar-refractivity contribution < 1.29 is 9.59 Å². The molecule has 0 aromatic heterocycles. The number of nitrogens with one attached hydrogen (secondary N) is 1. The summed E-state index contributed by atoms with van der Waals surface area (Å²) in [6.07, 6.45) is 2.54. The van der Waals surface area contributed by atoms with Gasteiger partial charge >= 0.3 is 0 Å². The quantitative estimate of drug-likeness (QED) is 0.841. The van der Waals surface area contributed by atoms with Gasteiger partial charge in [0.05, 0.1) is 5.92 Å². The van der Waals surface area contributed by atoms with Gasteiger partial charge in [-0.05, 0) is 63.3 Å². The summed E-state index contributed by atoms with van der Waals surface area (Å²) in [5, 5.41) is 3.14. The van der Waals surface area contributed by atoms with E-state index in [-0.39, 0.29) is 17.7 Å². The molecule has 4 heteroatoms. The molecule has 0 saturated carbocycles. The summed E-state index contributed by atoms with van der Waals surface area (Å²) in [5.74, 6) is -0.135. The van der Waals surface area contributed by atoms with Crippen LogP contribution < -0.4 is 5.32 Å². The third-order valence-electron chi connectivity index (χ3n) is 5.54. The molecule has 0 bridgehead atoms. The van der Waals surface area contributed by atoms with Gasteiger partial charge in [-0.25, -0.2) is 0 Å². The maximum atomic E-state index is 13.0. The topological polar surface area (TPSA) is 49.4 Å². The average Bonchev–Trinajstić information content (AvgIpc) is 2.68. The Hall–Kier alpha value is -2.62. The highest BCUT2D eigenvalue weighted by Crippen LogP contribution is 2.25. The third kappa shape index (κ3) is 4.44. The monoisotopic (exact) mass is 378 g/mol. The van der Waals surface area contributed by atoms with Gasteiger partial charge in [0.2, 0.25) is 5.91 Å². The van der Waals surface area contributed by atoms with Crippen LogP contribution in [0.4, 0.5) is 5.69 Å². The van der Waals surface area contributed by atoms with Gasteiger partial charge in [-0.1, -0.05) is 42.3 Å². The van der Waals surface area contributed by atoms with Crippen molar-refractivity contribution in [2.75, 3.05) is 18.4 Å². The SMILES string of the molecule is CCc1cccc(C)c1NC(=O)[C@@H]1CCCN(C(=O)c2cc(C)cc(C)c2)C1. The lowest BCUT2D eigenvalue weighted by atomic mass is 9.95. The van der Waals surface area contributed by atoms with Crippen LogP contribution in [0.5, 0.6) is 0 Å². The van der Waals surface area contributed by atoms with Gasteiger partial charge in [-0.2, -0.15) is 0 Å². The van der Waals surface area contributed by atoms with Crippen LogP contribution in [0.2, 0.25) is 0 Å². The van der Waals surface area contributed by atoms with Crippen LogP contribution in [0.3, 0.4) is 0 Å². The van der Waals surface area contributed by atoms with E-state index in [9.17, 15) is 9.59 Å². The van der Waals surface area contributed by atoms with Crippen molar-refractivity contribution in [3.8, 4) is 0 Å². The number of carbonyl (C=O) groups excluding carboxylic acids is 2. The molecule has 2 aromatic carbocycles. The first kappa shape index (κ1) is 20.1. The highest BCUT2D eigenvalue weighted by molar-refractivity contribution is 5.97. The Morgan fingerprint density at radius 3 is 2.50 bits per heavy atom. The number of hydrogen-bond acceptors (Lipinski definition) is 2. The lowest BCUT2D eigenvalue weighted by molar-refractivity contribution is -0.121. The first-order chi connectivity index (χ1) is 13.4. The van der Waals surface area contributed by atoms with E-state index in [0.29, 0.717) is 18.7 Å². The van der Waals surface area contributed by atoms with Crippen LogP contribution in [0.25, 0.3) is 0 Å². The molecule has 0 spiro atoms. The van der Waals surface area contributed by atoms with Crippen molar-refractivity contribution >= 4 is 17.5 Å². The molecule has 1 aliphatic heterocycles. The molecule has 1 atom stereocenters. The van der Waals surface area contributed by atoms with Crippen molar-refractivity contribution in [1.29, 1.82) is 0 Å². The zero-order valence-corrected chi connectivity index (χ0v) is 17.3. The van der Waals surface area contributed by atoms with E-state index in [4.69, 9.17) is 0 Å². The molecule has 148 valence electrons. The number of carbonyl (C=O) groups is 2. The van der Waals surface area contributed by atoms with E-state index in [0.717, 1.165) is 47.2 Å². The molecule has 4 nitrogen and oxygen atoms in total. The molecule has 1 heterocycles. The summed E-state index contributed by atoms with van der Waals surface area (Å²) in [6.45, 7) is 9.31. The Kier molecular flexibility index (Phi) is 6.18. The van der Waals surface area contributed by atoms with Gasteiger partial charge in [0.25, 0.3) is 5.91 Å². The number of aryl methyl sites for hydroxylation is 4. The Labute approximate surface area is 167 Å². The van der Waals surface area contributed by atoms with Crippen LogP contribution in [-0.4, -0.2) is 29.8 Å². The fourth-order valence-corrected chi connectivity index (χ4v) is 4.08. The largest absolute Gasteiger partial charge is 0.338 e. The van der Waals surface area contributed by atoms with Crippen LogP contribution in [0.15, 0.2) is 36.4 Å². The second-order valence-corrected chi connectivity index (χ2v) is 7.92. The van der Waals surface area contributed by atoms with E-state index in [2.05, 4.69) is 24.4 Å². The van der Waals surface area contributed by atoms with E-state index in [1.807, 2.05) is 49.9 Å². The third-order valence-corrected chi connectivity index (χ3v) is 5.54. The Morgan fingerprint density at radius 1 is 1.11 bits per heavy atom. The van der Waals surface area contributed by atoms with Gasteiger partial charge in [-0.3, -0.25) is 9.59 Å². The molecule has 1 fully saturated rings. The maximum Gasteiger partial charge on any atom is 0.253 e. The summed E-state index contributed by atoms with van der Waals surface area (Å²) in [4.78, 5) is 27.8. The predicted octanol–water partition coefficient (Wildman–Crippen LogP) is 4.67. The molecule has 28 heavy (non-hydrogen) atoms. The van der Waals surface area contributed by atoms with Gasteiger partial charge in [-0.15, -0.1) is 0 Å². The van der Waals surface area contributed by atoms with Crippen LogP contribution in [0, 0.1) is 26.7 Å². The first-order valence-electron chi connectivity index (χ1n) is 10.2. The van der Waals surface area contributed by atoms with E-state index in [1.165, 1.54) is 0 Å². The molecule has 1 aliphatic rings. The van der Waals surface area contributed by atoms with Crippen LogP contribution >= 0.6 is 0 Å². The Balaban J connectivity index is 1.72. The number of piperidine rings is 1. The molecule has 0 aliphatic carbocycles. The summed E-state index contributed by atoms with van der Waals surface area (Å²) in [7, 11) is 0. The Bertz CT molecular complexity index is 868. The normalized spacial score (nSPS) is 16.7. The molecule has 3 rings (SSSR count). The summed E-state index contributed by atoms with van der Waals surface area (Å²) < 4.78 is 0. The van der Waals surface area contributed by atoms with Gasteiger partial charge in [0.15, 0.2) is 0 Å². The van der Waals surface area contributed by atoms with Gasteiger partial charge < -0.3 is 10.2 Å². The number of amides is 2. The molecule has 0 radical (unpaired) electrons. The number of para-hydroxylation sites is 1. The number of likely N-dealkylation sites (tertiary alicyclic amines) is 1. The van der Waals surface area contributed by atoms with Crippen LogP contribution in [0.1, 0.15) is 52.4 Å². The molecular formula is C24H30N2O2. The molecule has 2 aromatic rings. The molecule has 1 saturated heterocycles. The fraction of sp³-hybridized carbons (Fsp3) is 0.417. The Morgan fingerprint density at radius 2 is 1.82 bits per heavy atom. The standard InChI is InChI=1S/C24H30N2O2/c1-5-19-9-6-8-18(4)22(19)25-23(27)20-10-7-11-26(15-20)24(28)21-13-16(2)12-17(3)14-21/h6,8-9,12-14,20H,5,7,10-11,15H2,1-4H3,(H,25,27)/t20-/m1/s1. The van der Waals surface area contributed by atoms with Crippen molar-refractivity contribution in [2.45, 2.75) is 47.0 Å². The van der Waals surface area contributed by atoms with E-state index < -0.39 is 0 Å². The zero-order valence-electron chi connectivity index (χ0n) is 17.3. The highest BCUT2D eigenvalue weighted by Gasteiger charge is 2.29. The lowest BCUT2D eigenvalue weighted by Crippen LogP contribution is -2.43. The molecule has 2 amide bonds. The van der Waals surface area contributed by atoms with Crippen LogP contribution in [-0.2, 0) is 11.2 Å². The van der Waals surface area contributed by atoms with Crippen molar-refractivity contribution in [3.63, 3.8) is 0 Å². The summed E-state index contributed by atoms with van der Waals surface area (Å²) in [6, 6.07) is 12.0. The van der Waals surface area contributed by atoms with Gasteiger partial charge in [0, 0.05) is 24.3 Å². The molecular weight excluding hydrogens is 348 g/mol. The number of benzene rings is 2. The number of hydrogen-bond donors (Lipinski definition) is 1. The summed E-state index contributed by atoms with van der Waals surface area (Å²) >= 11 is 0. The maximum absolute atomic E-state index is 13.0. The van der Waals surface area contributed by atoms with E-state index in [1.54, 1.807) is 0 Å². The minimum Gasteiger partial charge on any atom is -0.338 e. The number of anilines is 1. The average molecular weight is 379 g/mol. The van der Waals surface area contributed by atoms with Crippen molar-refractivity contribution in [1.82, 2.24) is 4.90 Å². The zero-order chi connectivity index (χ0) is 20.3. The second kappa shape index (κ2) is 8.59. The summed E-state index contributed by atoms with van der Waals surface area (Å²) in [5.41, 5.74) is 6.03. The number of rotatable bonds is 4. The highest BCUT2D eigenvalue weighted by atomic mass is 16.2. The fourth-order valence-electron chi connectivity index (χ4n) is 4.08. The lowest BCUT2D eigenvalue weighted by Gasteiger charge is -2.32. The molecule has 0 unspecified atom stereocenters.